The Hall–Kier alpha value is -2.45. The zero-order valence-electron chi connectivity index (χ0n) is 15.9. The molecule has 146 valence electrons. The molecule has 2 N–H and O–H groups in total. The minimum absolute atomic E-state index is 0.146. The van der Waals surface area contributed by atoms with E-state index >= 15 is 0 Å². The van der Waals surface area contributed by atoms with Crippen molar-refractivity contribution in [2.45, 2.75) is 45.6 Å². The van der Waals surface area contributed by atoms with Gasteiger partial charge in [-0.2, -0.15) is 0 Å². The third kappa shape index (κ3) is 4.84. The molecular weight excluding hydrogens is 371 g/mol. The zero-order chi connectivity index (χ0) is 20.4. The Balaban J connectivity index is 2.11. The second-order valence-corrected chi connectivity index (χ2v) is 8.02. The molecule has 2 aromatic carbocycles. The number of hydrogen-bond acceptors (Lipinski definition) is 4. The molecule has 0 spiro atoms. The van der Waals surface area contributed by atoms with Crippen LogP contribution in [0.4, 0.5) is 4.39 Å². The highest BCUT2D eigenvalue weighted by Crippen LogP contribution is 2.25. The topological polar surface area (TPSA) is 84.5 Å². The molecule has 0 aliphatic carbocycles. The van der Waals surface area contributed by atoms with Gasteiger partial charge in [0.1, 0.15) is 11.6 Å². The highest BCUT2D eigenvalue weighted by Gasteiger charge is 2.24. The highest BCUT2D eigenvalue weighted by molar-refractivity contribution is 7.89. The van der Waals surface area contributed by atoms with Crippen molar-refractivity contribution in [3.63, 3.8) is 0 Å². The van der Waals surface area contributed by atoms with Crippen LogP contribution in [-0.4, -0.2) is 20.4 Å². The standard InChI is InChI=1S/C19H23FN2O4S/c1-11-10-12(2)14(4)18(13(11)3)27(24,25)22-21-19(23)15(5)26-17-8-6-16(20)7-9-17/h6-10,15,22H,1-5H3,(H,21,23)/t15-/m0/s1. The van der Waals surface area contributed by atoms with E-state index in [1.54, 1.807) is 13.8 Å². The van der Waals surface area contributed by atoms with Crippen molar-refractivity contribution in [2.24, 2.45) is 0 Å². The molecule has 0 unspecified atom stereocenters. The van der Waals surface area contributed by atoms with Crippen LogP contribution < -0.4 is 15.0 Å². The van der Waals surface area contributed by atoms with Crippen LogP contribution in [-0.2, 0) is 14.8 Å². The van der Waals surface area contributed by atoms with Gasteiger partial charge in [-0.15, -0.1) is 4.83 Å². The number of hydrogen-bond donors (Lipinski definition) is 2. The summed E-state index contributed by atoms with van der Waals surface area (Å²) in [6.45, 7) is 8.56. The van der Waals surface area contributed by atoms with Crippen molar-refractivity contribution in [1.82, 2.24) is 10.3 Å². The first-order valence-corrected chi connectivity index (χ1v) is 9.82. The van der Waals surface area contributed by atoms with Gasteiger partial charge >= 0.3 is 0 Å². The number of rotatable bonds is 6. The average molecular weight is 394 g/mol. The number of benzene rings is 2. The Bertz CT molecular complexity index is 930. The Morgan fingerprint density at radius 2 is 1.56 bits per heavy atom. The van der Waals surface area contributed by atoms with E-state index in [1.165, 1.54) is 31.2 Å². The maximum atomic E-state index is 12.9. The number of sulfonamides is 1. The maximum absolute atomic E-state index is 12.9. The molecule has 1 amide bonds. The Morgan fingerprint density at radius 1 is 1.04 bits per heavy atom. The molecule has 0 fully saturated rings. The molecule has 0 saturated carbocycles. The Kier molecular flexibility index (Phi) is 6.22. The van der Waals surface area contributed by atoms with E-state index in [2.05, 4.69) is 10.3 Å². The second-order valence-electron chi connectivity index (χ2n) is 6.40. The van der Waals surface area contributed by atoms with E-state index in [0.29, 0.717) is 16.9 Å². The normalized spacial score (nSPS) is 12.5. The van der Waals surface area contributed by atoms with Gasteiger partial charge in [-0.25, -0.2) is 12.8 Å². The van der Waals surface area contributed by atoms with Gasteiger partial charge in [0, 0.05) is 0 Å². The number of carbonyl (C=O) groups excluding carboxylic acids is 1. The van der Waals surface area contributed by atoms with Gasteiger partial charge in [0.15, 0.2) is 6.10 Å². The molecule has 1 atom stereocenters. The predicted molar refractivity (Wildman–Crippen MR) is 100 cm³/mol. The molecule has 6 nitrogen and oxygen atoms in total. The molecule has 0 saturated heterocycles. The van der Waals surface area contributed by atoms with E-state index in [1.807, 2.05) is 19.9 Å². The summed E-state index contributed by atoms with van der Waals surface area (Å²) in [6.07, 6.45) is -0.986. The van der Waals surface area contributed by atoms with Crippen molar-refractivity contribution >= 4 is 15.9 Å². The first-order valence-electron chi connectivity index (χ1n) is 8.34. The van der Waals surface area contributed by atoms with Gasteiger partial charge in [0.05, 0.1) is 4.90 Å². The summed E-state index contributed by atoms with van der Waals surface area (Å²) >= 11 is 0. The monoisotopic (exact) mass is 394 g/mol. The molecule has 0 aliphatic heterocycles. The smallest absolute Gasteiger partial charge is 0.275 e. The van der Waals surface area contributed by atoms with Gasteiger partial charge in [-0.3, -0.25) is 10.2 Å². The van der Waals surface area contributed by atoms with E-state index in [4.69, 9.17) is 4.74 Å². The van der Waals surface area contributed by atoms with Gasteiger partial charge in [0.2, 0.25) is 0 Å². The third-order valence-corrected chi connectivity index (χ3v) is 5.89. The molecule has 2 rings (SSSR count). The minimum atomic E-state index is -3.96. The van der Waals surface area contributed by atoms with Gasteiger partial charge in [0.25, 0.3) is 15.9 Å². The van der Waals surface area contributed by atoms with E-state index < -0.39 is 27.9 Å². The van der Waals surface area contributed by atoms with Crippen LogP contribution in [0.2, 0.25) is 0 Å². The van der Waals surface area contributed by atoms with Crippen LogP contribution in [0.3, 0.4) is 0 Å². The quantitative estimate of drug-likeness (QED) is 0.738. The molecule has 27 heavy (non-hydrogen) atoms. The number of halogens is 1. The zero-order valence-corrected chi connectivity index (χ0v) is 16.7. The lowest BCUT2D eigenvalue weighted by Gasteiger charge is -2.18. The Labute approximate surface area is 158 Å². The van der Waals surface area contributed by atoms with Gasteiger partial charge in [-0.1, -0.05) is 6.07 Å². The second kappa shape index (κ2) is 8.06. The number of nitrogens with one attached hydrogen (secondary N) is 2. The van der Waals surface area contributed by atoms with Crippen LogP contribution in [0.25, 0.3) is 0 Å². The summed E-state index contributed by atoms with van der Waals surface area (Å²) in [4.78, 5) is 14.4. The van der Waals surface area contributed by atoms with E-state index in [9.17, 15) is 17.6 Å². The van der Waals surface area contributed by atoms with Crippen LogP contribution in [0.1, 0.15) is 29.2 Å². The van der Waals surface area contributed by atoms with E-state index in [-0.39, 0.29) is 4.90 Å². The van der Waals surface area contributed by atoms with Crippen LogP contribution >= 0.6 is 0 Å². The molecule has 0 radical (unpaired) electrons. The fraction of sp³-hybridized carbons (Fsp3) is 0.316. The molecule has 0 aromatic heterocycles. The van der Waals surface area contributed by atoms with Crippen molar-refractivity contribution in [2.75, 3.05) is 0 Å². The maximum Gasteiger partial charge on any atom is 0.275 e. The molecule has 0 heterocycles. The SMILES string of the molecule is Cc1cc(C)c(C)c(S(=O)(=O)NNC(=O)[C@H](C)Oc2ccc(F)cc2)c1C. The fourth-order valence-electron chi connectivity index (χ4n) is 2.62. The minimum Gasteiger partial charge on any atom is -0.481 e. The Morgan fingerprint density at radius 3 is 2.07 bits per heavy atom. The van der Waals surface area contributed by atoms with Crippen molar-refractivity contribution in [3.8, 4) is 5.75 Å². The number of ether oxygens (including phenoxy) is 1. The summed E-state index contributed by atoms with van der Waals surface area (Å²) < 4.78 is 43.7. The number of hydrazine groups is 1. The lowest BCUT2D eigenvalue weighted by Crippen LogP contribution is -2.47. The number of carbonyl (C=O) groups is 1. The average Bonchev–Trinajstić information content (AvgIpc) is 2.60. The largest absolute Gasteiger partial charge is 0.481 e. The highest BCUT2D eigenvalue weighted by atomic mass is 32.2. The molecular formula is C19H23FN2O4S. The summed E-state index contributed by atoms with van der Waals surface area (Å²) in [6, 6.07) is 7.08. The van der Waals surface area contributed by atoms with Crippen molar-refractivity contribution in [1.29, 1.82) is 0 Å². The van der Waals surface area contributed by atoms with Gasteiger partial charge in [-0.05, 0) is 81.1 Å². The summed E-state index contributed by atoms with van der Waals surface area (Å²) in [7, 11) is -3.96. The lowest BCUT2D eigenvalue weighted by atomic mass is 10.0. The fourth-order valence-corrected chi connectivity index (χ4v) is 4.09. The molecule has 2 aromatic rings. The van der Waals surface area contributed by atoms with Crippen LogP contribution in [0.5, 0.6) is 5.75 Å². The number of amides is 1. The first kappa shape index (κ1) is 20.9. The van der Waals surface area contributed by atoms with Gasteiger partial charge < -0.3 is 4.74 Å². The molecule has 0 bridgehead atoms. The molecule has 0 aliphatic rings. The van der Waals surface area contributed by atoms with Crippen LogP contribution in [0.15, 0.2) is 35.2 Å². The van der Waals surface area contributed by atoms with Crippen molar-refractivity contribution in [3.05, 3.63) is 58.4 Å². The molecule has 8 heteroatoms. The van der Waals surface area contributed by atoms with Crippen LogP contribution in [0, 0.1) is 33.5 Å². The number of aryl methyl sites for hydroxylation is 2. The predicted octanol–water partition coefficient (Wildman–Crippen LogP) is 2.84. The summed E-state index contributed by atoms with van der Waals surface area (Å²) in [5.74, 6) is -0.808. The van der Waals surface area contributed by atoms with E-state index in [0.717, 1.165) is 11.1 Å². The lowest BCUT2D eigenvalue weighted by molar-refractivity contribution is -0.127. The third-order valence-electron chi connectivity index (χ3n) is 4.37. The first-order chi connectivity index (χ1) is 12.5. The van der Waals surface area contributed by atoms with Crippen molar-refractivity contribution < 1.29 is 22.3 Å². The summed E-state index contributed by atoms with van der Waals surface area (Å²) in [5, 5.41) is 0. The summed E-state index contributed by atoms with van der Waals surface area (Å²) in [5.41, 5.74) is 5.10.